The number of phenolic OH excluding ortho intramolecular Hbond substituents is 1. The topological polar surface area (TPSA) is 117 Å². The summed E-state index contributed by atoms with van der Waals surface area (Å²) in [5, 5.41) is 26.7. The number of carbonyl (C=O) groups excluding carboxylic acids is 2. The number of Topliss-reactive ketones (excluding diaryl/α,β-unsaturated/α-hetero) is 1. The molecule has 1 aliphatic heterocycles. The smallest absolute Gasteiger partial charge is 0.259 e. The third-order valence-electron chi connectivity index (χ3n) is 7.48. The predicted octanol–water partition coefficient (Wildman–Crippen LogP) is 4.81. The zero-order valence-corrected chi connectivity index (χ0v) is 21.8. The summed E-state index contributed by atoms with van der Waals surface area (Å²) in [6, 6.07) is 13.3. The van der Waals surface area contributed by atoms with E-state index < -0.39 is 17.1 Å². The molecule has 1 heterocycles. The summed E-state index contributed by atoms with van der Waals surface area (Å²) in [7, 11) is 2.90. The molecule has 0 saturated heterocycles. The van der Waals surface area contributed by atoms with Crippen molar-refractivity contribution in [1.82, 2.24) is 5.32 Å². The summed E-state index contributed by atoms with van der Waals surface area (Å²) in [6.07, 6.45) is 1.33. The van der Waals surface area contributed by atoms with Crippen molar-refractivity contribution in [1.29, 1.82) is 0 Å². The van der Waals surface area contributed by atoms with E-state index in [-0.39, 0.29) is 52.0 Å². The Kier molecular flexibility index (Phi) is 5.98. The van der Waals surface area contributed by atoms with Crippen LogP contribution in [0.3, 0.4) is 0 Å². The number of ketones is 1. The lowest BCUT2D eigenvalue weighted by Crippen LogP contribution is -2.38. The Hall–Kier alpha value is -4.59. The molecule has 38 heavy (non-hydrogen) atoms. The highest BCUT2D eigenvalue weighted by atomic mass is 16.5. The van der Waals surface area contributed by atoms with Crippen LogP contribution in [-0.4, -0.2) is 41.8 Å². The molecule has 2 aliphatic rings. The van der Waals surface area contributed by atoms with Crippen LogP contribution >= 0.6 is 0 Å². The number of methoxy groups -OCH3 is 1. The van der Waals surface area contributed by atoms with Gasteiger partial charge in [0.2, 0.25) is 0 Å². The van der Waals surface area contributed by atoms with E-state index in [4.69, 9.17) is 9.47 Å². The Bertz CT molecular complexity index is 1630. The van der Waals surface area contributed by atoms with Gasteiger partial charge in [0.25, 0.3) is 5.91 Å². The molecule has 0 spiro atoms. The van der Waals surface area contributed by atoms with Gasteiger partial charge in [-0.3, -0.25) is 14.6 Å². The van der Waals surface area contributed by atoms with Crippen molar-refractivity contribution in [2.75, 3.05) is 14.2 Å². The molecule has 0 aromatic heterocycles. The second-order valence-corrected chi connectivity index (χ2v) is 9.58. The molecule has 0 saturated carbocycles. The van der Waals surface area contributed by atoms with Gasteiger partial charge in [0.1, 0.15) is 34.0 Å². The number of nitrogens with one attached hydrogen (secondary N) is 1. The van der Waals surface area contributed by atoms with Crippen molar-refractivity contribution < 1.29 is 29.3 Å². The minimum atomic E-state index is -1.47. The van der Waals surface area contributed by atoms with Crippen LogP contribution in [0.2, 0.25) is 0 Å². The van der Waals surface area contributed by atoms with Crippen molar-refractivity contribution in [3.63, 3.8) is 0 Å². The van der Waals surface area contributed by atoms with Gasteiger partial charge in [-0.2, -0.15) is 0 Å². The monoisotopic (exact) mass is 512 g/mol. The Morgan fingerprint density at radius 2 is 1.92 bits per heavy atom. The summed E-state index contributed by atoms with van der Waals surface area (Å²) in [5.74, 6) is -1.34. The third-order valence-corrected chi connectivity index (χ3v) is 7.48. The first-order chi connectivity index (χ1) is 18.1. The van der Waals surface area contributed by atoms with E-state index in [9.17, 15) is 19.8 Å². The standard InChI is InChI=1S/C30H28N2O6/c1-15-10-11-17-8-6-7-9-18(17)19(15)14-32-29(36)25-22(37-5)12-21(34)26-27(25)38-23-13-20(33)24(16(2)31-4)28(35)30(23,26)3/h6-13,33-34H,14H2,1-5H3,(H,32,36)/t30-/m1/s1. The maximum atomic E-state index is 13.7. The minimum absolute atomic E-state index is 0.0104. The third kappa shape index (κ3) is 3.55. The summed E-state index contributed by atoms with van der Waals surface area (Å²) in [5.41, 5.74) is 1.08. The highest BCUT2D eigenvalue weighted by Gasteiger charge is 2.55. The quantitative estimate of drug-likeness (QED) is 0.422. The number of carbonyl (C=O) groups is 2. The van der Waals surface area contributed by atoms with Gasteiger partial charge in [0, 0.05) is 31.4 Å². The lowest BCUT2D eigenvalue weighted by molar-refractivity contribution is -0.119. The Morgan fingerprint density at radius 1 is 1.18 bits per heavy atom. The van der Waals surface area contributed by atoms with E-state index in [2.05, 4.69) is 10.3 Å². The van der Waals surface area contributed by atoms with E-state index in [1.807, 2.05) is 43.3 Å². The maximum absolute atomic E-state index is 13.7. The van der Waals surface area contributed by atoms with Crippen LogP contribution in [0.1, 0.15) is 40.9 Å². The number of phenols is 1. The number of fused-ring (bicyclic) bond motifs is 4. The Morgan fingerprint density at radius 3 is 2.63 bits per heavy atom. The summed E-state index contributed by atoms with van der Waals surface area (Å²) < 4.78 is 11.5. The predicted molar refractivity (Wildman–Crippen MR) is 144 cm³/mol. The number of nitrogens with zero attached hydrogens (tertiary/aromatic N) is 1. The van der Waals surface area contributed by atoms with Crippen molar-refractivity contribution in [2.45, 2.75) is 32.7 Å². The van der Waals surface area contributed by atoms with Crippen LogP contribution < -0.4 is 14.8 Å². The number of hydrogen-bond acceptors (Lipinski definition) is 7. The number of rotatable bonds is 5. The van der Waals surface area contributed by atoms with Crippen LogP contribution in [0.5, 0.6) is 17.2 Å². The fourth-order valence-electron chi connectivity index (χ4n) is 5.28. The molecule has 5 rings (SSSR count). The number of aliphatic hydroxyl groups is 1. The molecule has 1 atom stereocenters. The molecule has 0 fully saturated rings. The van der Waals surface area contributed by atoms with Crippen LogP contribution in [0, 0.1) is 6.92 Å². The number of aliphatic hydroxyl groups excluding tert-OH is 1. The van der Waals surface area contributed by atoms with E-state index in [1.165, 1.54) is 26.3 Å². The van der Waals surface area contributed by atoms with Gasteiger partial charge in [-0.15, -0.1) is 0 Å². The molecule has 1 aliphatic carbocycles. The van der Waals surface area contributed by atoms with E-state index in [0.29, 0.717) is 5.71 Å². The van der Waals surface area contributed by atoms with Crippen LogP contribution in [0.25, 0.3) is 10.8 Å². The summed E-state index contributed by atoms with van der Waals surface area (Å²) in [6.45, 7) is 5.43. The first-order valence-corrected chi connectivity index (χ1v) is 12.1. The number of amides is 1. The number of ether oxygens (including phenoxy) is 2. The van der Waals surface area contributed by atoms with Crippen molar-refractivity contribution in [2.24, 2.45) is 4.99 Å². The molecule has 1 amide bonds. The van der Waals surface area contributed by atoms with E-state index in [0.717, 1.165) is 21.9 Å². The van der Waals surface area contributed by atoms with Crippen LogP contribution in [0.4, 0.5) is 0 Å². The lowest BCUT2D eigenvalue weighted by Gasteiger charge is -2.28. The Balaban J connectivity index is 1.59. The van der Waals surface area contributed by atoms with Crippen LogP contribution in [0.15, 0.2) is 70.6 Å². The fraction of sp³-hybridized carbons (Fsp3) is 0.233. The second-order valence-electron chi connectivity index (χ2n) is 9.58. The fourth-order valence-corrected chi connectivity index (χ4v) is 5.28. The van der Waals surface area contributed by atoms with Crippen LogP contribution in [-0.2, 0) is 16.8 Å². The Labute approximate surface area is 219 Å². The number of allylic oxidation sites excluding steroid dienone is 3. The van der Waals surface area contributed by atoms with Crippen molar-refractivity contribution in [3.05, 3.63) is 87.9 Å². The number of hydrogen-bond donors (Lipinski definition) is 3. The summed E-state index contributed by atoms with van der Waals surface area (Å²) >= 11 is 0. The normalized spacial score (nSPS) is 18.6. The van der Waals surface area contributed by atoms with Gasteiger partial charge < -0.3 is 25.0 Å². The minimum Gasteiger partial charge on any atom is -0.507 e. The molecular formula is C30H28N2O6. The molecule has 194 valence electrons. The number of benzene rings is 3. The molecule has 8 nitrogen and oxygen atoms in total. The molecule has 0 bridgehead atoms. The van der Waals surface area contributed by atoms with Gasteiger partial charge >= 0.3 is 0 Å². The lowest BCUT2D eigenvalue weighted by atomic mass is 9.71. The molecule has 3 N–H and O–H groups in total. The zero-order chi connectivity index (χ0) is 27.4. The maximum Gasteiger partial charge on any atom is 0.259 e. The number of aliphatic imine (C=N–C) groups is 1. The largest absolute Gasteiger partial charge is 0.507 e. The molecule has 0 unspecified atom stereocenters. The molecule has 0 radical (unpaired) electrons. The molecule has 3 aromatic carbocycles. The first-order valence-electron chi connectivity index (χ1n) is 12.1. The highest BCUT2D eigenvalue weighted by molar-refractivity contribution is 6.27. The van der Waals surface area contributed by atoms with Gasteiger partial charge in [-0.1, -0.05) is 36.4 Å². The van der Waals surface area contributed by atoms with Gasteiger partial charge in [0.15, 0.2) is 11.5 Å². The molecule has 3 aromatic rings. The number of aryl methyl sites for hydroxylation is 1. The van der Waals surface area contributed by atoms with Crippen molar-refractivity contribution in [3.8, 4) is 17.2 Å². The molecular weight excluding hydrogens is 484 g/mol. The van der Waals surface area contributed by atoms with Gasteiger partial charge in [-0.05, 0) is 42.7 Å². The highest BCUT2D eigenvalue weighted by Crippen LogP contribution is 2.56. The van der Waals surface area contributed by atoms with Gasteiger partial charge in [-0.25, -0.2) is 0 Å². The molecule has 8 heteroatoms. The second kappa shape index (κ2) is 9.06. The average Bonchev–Trinajstić information content (AvgIpc) is 3.21. The van der Waals surface area contributed by atoms with Gasteiger partial charge in [0.05, 0.1) is 18.2 Å². The zero-order valence-electron chi connectivity index (χ0n) is 21.8. The van der Waals surface area contributed by atoms with E-state index in [1.54, 1.807) is 13.8 Å². The average molecular weight is 513 g/mol. The first kappa shape index (κ1) is 25.1. The number of aromatic hydroxyl groups is 1. The SMILES string of the molecule is CN=C(C)C1=C(O)C=C2Oc3c(C(=O)NCc4c(C)ccc5ccccc45)c(OC)cc(O)c3[C@]2(C)C1=O. The van der Waals surface area contributed by atoms with E-state index >= 15 is 0 Å². The van der Waals surface area contributed by atoms with Crippen molar-refractivity contribution >= 4 is 28.2 Å². The summed E-state index contributed by atoms with van der Waals surface area (Å²) in [4.78, 5) is 31.4.